The third kappa shape index (κ3) is 5.60. The smallest absolute Gasteiger partial charge is 0.310 e. The molecule has 10 heavy (non-hydrogen) atoms. The zero-order valence-electron chi connectivity index (χ0n) is 6.17. The van der Waals surface area contributed by atoms with Crippen molar-refractivity contribution >= 4 is 28.5 Å². The number of halogens is 1. The van der Waals surface area contributed by atoms with Gasteiger partial charge >= 0.3 is 5.92 Å². The van der Waals surface area contributed by atoms with E-state index in [1.807, 2.05) is 6.92 Å². The fourth-order valence-electron chi connectivity index (χ4n) is 0.371. The monoisotopic (exact) mass is 202 g/mol. The van der Waals surface area contributed by atoms with E-state index in [1.165, 1.54) is 0 Å². The van der Waals surface area contributed by atoms with Gasteiger partial charge in [-0.1, -0.05) is 24.7 Å². The standard InChI is InChI=1S/C5H12ClO2PS/c1-3-4-5-8-9(6,7)10-2/h3-5H2,1-2H3. The van der Waals surface area contributed by atoms with Crippen molar-refractivity contribution in [2.75, 3.05) is 12.9 Å². The molecule has 0 aliphatic heterocycles. The molecule has 0 bridgehead atoms. The average Bonchev–Trinajstić information content (AvgIpc) is 1.89. The summed E-state index contributed by atoms with van der Waals surface area (Å²) in [6, 6.07) is 0. The zero-order valence-corrected chi connectivity index (χ0v) is 8.64. The molecule has 62 valence electrons. The van der Waals surface area contributed by atoms with Gasteiger partial charge in [-0.05, 0) is 23.9 Å². The highest BCUT2D eigenvalue weighted by Gasteiger charge is 2.15. The van der Waals surface area contributed by atoms with Gasteiger partial charge in [0.15, 0.2) is 0 Å². The highest BCUT2D eigenvalue weighted by Crippen LogP contribution is 2.62. The molecule has 0 N–H and O–H groups in total. The van der Waals surface area contributed by atoms with Gasteiger partial charge in [-0.3, -0.25) is 4.57 Å². The Hall–Kier alpha value is 0.830. The minimum atomic E-state index is -2.81. The van der Waals surface area contributed by atoms with Crippen LogP contribution in [-0.4, -0.2) is 12.9 Å². The lowest BCUT2D eigenvalue weighted by Crippen LogP contribution is -1.85. The number of hydrogen-bond acceptors (Lipinski definition) is 3. The lowest BCUT2D eigenvalue weighted by Gasteiger charge is -2.06. The van der Waals surface area contributed by atoms with Crippen LogP contribution in [0.3, 0.4) is 0 Å². The summed E-state index contributed by atoms with van der Waals surface area (Å²) in [5.41, 5.74) is 0. The predicted octanol–water partition coefficient (Wildman–Crippen LogP) is 3.51. The van der Waals surface area contributed by atoms with E-state index in [0.717, 1.165) is 24.2 Å². The molecular formula is C5H12ClO2PS. The van der Waals surface area contributed by atoms with E-state index >= 15 is 0 Å². The first-order chi connectivity index (χ1) is 4.62. The summed E-state index contributed by atoms with van der Waals surface area (Å²) in [4.78, 5) is 0. The van der Waals surface area contributed by atoms with Crippen molar-refractivity contribution in [1.29, 1.82) is 0 Å². The highest BCUT2D eigenvalue weighted by molar-refractivity contribution is 8.63. The van der Waals surface area contributed by atoms with Gasteiger partial charge in [-0.25, -0.2) is 0 Å². The van der Waals surface area contributed by atoms with E-state index in [1.54, 1.807) is 6.26 Å². The molecule has 0 heterocycles. The van der Waals surface area contributed by atoms with E-state index in [9.17, 15) is 4.57 Å². The largest absolute Gasteiger partial charge is 0.346 e. The Bertz CT molecular complexity index is 131. The zero-order chi connectivity index (χ0) is 8.04. The molecule has 0 saturated carbocycles. The van der Waals surface area contributed by atoms with Crippen LogP contribution in [0, 0.1) is 0 Å². The van der Waals surface area contributed by atoms with E-state index in [0.29, 0.717) is 6.61 Å². The molecule has 0 rings (SSSR count). The number of unbranched alkanes of at least 4 members (excludes halogenated alkanes) is 1. The van der Waals surface area contributed by atoms with Gasteiger partial charge in [0.1, 0.15) is 0 Å². The van der Waals surface area contributed by atoms with Crippen LogP contribution < -0.4 is 0 Å². The van der Waals surface area contributed by atoms with Crippen molar-refractivity contribution in [2.24, 2.45) is 0 Å². The summed E-state index contributed by atoms with van der Waals surface area (Å²) in [5, 5.41) is 0. The van der Waals surface area contributed by atoms with Crippen LogP contribution in [0.2, 0.25) is 0 Å². The van der Waals surface area contributed by atoms with Gasteiger partial charge in [0.05, 0.1) is 6.61 Å². The van der Waals surface area contributed by atoms with Crippen LogP contribution in [0.25, 0.3) is 0 Å². The van der Waals surface area contributed by atoms with Crippen molar-refractivity contribution in [1.82, 2.24) is 0 Å². The molecule has 0 fully saturated rings. The Morgan fingerprint density at radius 1 is 1.70 bits per heavy atom. The molecule has 0 amide bonds. The van der Waals surface area contributed by atoms with E-state index < -0.39 is 5.92 Å². The maximum Gasteiger partial charge on any atom is 0.346 e. The molecule has 0 aliphatic rings. The molecule has 0 saturated heterocycles. The maximum atomic E-state index is 11.0. The second-order valence-corrected chi connectivity index (χ2v) is 7.76. The minimum Gasteiger partial charge on any atom is -0.310 e. The molecule has 0 aromatic heterocycles. The predicted molar refractivity (Wildman–Crippen MR) is 47.8 cm³/mol. The normalized spacial score (nSPS) is 16.7. The summed E-state index contributed by atoms with van der Waals surface area (Å²) < 4.78 is 15.9. The SMILES string of the molecule is CCCCOP(=O)(Cl)SC. The van der Waals surface area contributed by atoms with Crippen molar-refractivity contribution in [3.8, 4) is 0 Å². The van der Waals surface area contributed by atoms with Gasteiger partial charge in [0.2, 0.25) is 0 Å². The molecule has 0 spiro atoms. The molecule has 0 aliphatic carbocycles. The summed E-state index contributed by atoms with van der Waals surface area (Å²) >= 11 is 6.53. The summed E-state index contributed by atoms with van der Waals surface area (Å²) in [7, 11) is 0. The Morgan fingerprint density at radius 3 is 2.70 bits per heavy atom. The summed E-state index contributed by atoms with van der Waals surface area (Å²) in [6.45, 7) is 2.54. The lowest BCUT2D eigenvalue weighted by atomic mass is 10.4. The molecule has 2 nitrogen and oxygen atoms in total. The fraction of sp³-hybridized carbons (Fsp3) is 1.00. The van der Waals surface area contributed by atoms with Crippen LogP contribution in [0.15, 0.2) is 0 Å². The fourth-order valence-corrected chi connectivity index (χ4v) is 1.57. The van der Waals surface area contributed by atoms with E-state index in [4.69, 9.17) is 15.8 Å². The van der Waals surface area contributed by atoms with Crippen molar-refractivity contribution in [3.63, 3.8) is 0 Å². The maximum absolute atomic E-state index is 11.0. The number of hydrogen-bond donors (Lipinski definition) is 0. The van der Waals surface area contributed by atoms with E-state index in [2.05, 4.69) is 0 Å². The average molecular weight is 203 g/mol. The topological polar surface area (TPSA) is 26.3 Å². The van der Waals surface area contributed by atoms with Crippen molar-refractivity contribution in [2.45, 2.75) is 19.8 Å². The van der Waals surface area contributed by atoms with Crippen LogP contribution in [0.4, 0.5) is 0 Å². The molecule has 0 aromatic carbocycles. The molecule has 5 heteroatoms. The molecular weight excluding hydrogens is 191 g/mol. The lowest BCUT2D eigenvalue weighted by molar-refractivity contribution is 0.326. The van der Waals surface area contributed by atoms with Crippen molar-refractivity contribution in [3.05, 3.63) is 0 Å². The Kier molecular flexibility index (Phi) is 5.93. The second-order valence-electron chi connectivity index (χ2n) is 1.80. The van der Waals surface area contributed by atoms with Gasteiger partial charge in [0, 0.05) is 0 Å². The first-order valence-corrected chi connectivity index (χ1v) is 7.48. The van der Waals surface area contributed by atoms with Crippen LogP contribution >= 0.6 is 28.5 Å². The van der Waals surface area contributed by atoms with Gasteiger partial charge in [-0.15, -0.1) is 0 Å². The first kappa shape index (κ1) is 10.8. The molecule has 1 unspecified atom stereocenters. The minimum absolute atomic E-state index is 0.498. The molecule has 0 radical (unpaired) electrons. The van der Waals surface area contributed by atoms with Gasteiger partial charge in [-0.2, -0.15) is 0 Å². The molecule has 1 atom stereocenters. The van der Waals surface area contributed by atoms with E-state index in [-0.39, 0.29) is 0 Å². The Labute approximate surface area is 70.7 Å². The Morgan fingerprint density at radius 2 is 2.30 bits per heavy atom. The highest BCUT2D eigenvalue weighted by atomic mass is 35.7. The van der Waals surface area contributed by atoms with Crippen molar-refractivity contribution < 1.29 is 9.09 Å². The van der Waals surface area contributed by atoms with Crippen LogP contribution in [0.1, 0.15) is 19.8 Å². The Balaban J connectivity index is 3.38. The third-order valence-corrected chi connectivity index (χ3v) is 5.05. The molecule has 0 aromatic rings. The number of rotatable bonds is 5. The van der Waals surface area contributed by atoms with Gasteiger partial charge in [0.25, 0.3) is 0 Å². The summed E-state index contributed by atoms with van der Waals surface area (Å²) in [5.74, 6) is -2.81. The van der Waals surface area contributed by atoms with Crippen LogP contribution in [-0.2, 0) is 9.09 Å². The second kappa shape index (κ2) is 5.48. The third-order valence-electron chi connectivity index (χ3n) is 0.961. The van der Waals surface area contributed by atoms with Gasteiger partial charge < -0.3 is 4.52 Å². The summed E-state index contributed by atoms with van der Waals surface area (Å²) in [6.07, 6.45) is 3.63. The first-order valence-electron chi connectivity index (χ1n) is 3.12. The van der Waals surface area contributed by atoms with Crippen LogP contribution in [0.5, 0.6) is 0 Å². The quantitative estimate of drug-likeness (QED) is 0.504.